The Bertz CT molecular complexity index is 541. The molecule has 0 saturated heterocycles. The van der Waals surface area contributed by atoms with Crippen LogP contribution in [0.5, 0.6) is 0 Å². The van der Waals surface area contributed by atoms with Crippen LogP contribution in [0, 0.1) is 5.41 Å². The van der Waals surface area contributed by atoms with Crippen LogP contribution in [0.15, 0.2) is 24.3 Å². The molecule has 1 aromatic rings. The predicted octanol–water partition coefficient (Wildman–Crippen LogP) is 2.26. The van der Waals surface area contributed by atoms with Crippen LogP contribution >= 0.6 is 0 Å². The van der Waals surface area contributed by atoms with E-state index in [-0.39, 0.29) is 11.2 Å². The molecule has 0 amide bonds. The highest BCUT2D eigenvalue weighted by Crippen LogP contribution is 2.19. The van der Waals surface area contributed by atoms with Crippen molar-refractivity contribution in [2.75, 3.05) is 17.6 Å². The van der Waals surface area contributed by atoms with Crippen LogP contribution in [0.3, 0.4) is 0 Å². The monoisotopic (exact) mass is 285 g/mol. The Balaban J connectivity index is 2.81. The highest BCUT2D eigenvalue weighted by atomic mass is 32.2. The van der Waals surface area contributed by atoms with Gasteiger partial charge in [-0.25, -0.2) is 13.2 Å². The van der Waals surface area contributed by atoms with Crippen LogP contribution in [0.1, 0.15) is 31.1 Å². The fraction of sp³-hybridized carbons (Fsp3) is 0.462. The second-order valence-electron chi connectivity index (χ2n) is 5.49. The van der Waals surface area contributed by atoms with Gasteiger partial charge in [0.1, 0.15) is 0 Å². The Morgan fingerprint density at radius 3 is 2.16 bits per heavy atom. The zero-order valence-electron chi connectivity index (χ0n) is 11.6. The molecule has 0 aromatic heterocycles. The summed E-state index contributed by atoms with van der Waals surface area (Å²) >= 11 is 0. The third kappa shape index (κ3) is 5.30. The van der Waals surface area contributed by atoms with Crippen LogP contribution in [0.2, 0.25) is 0 Å². The van der Waals surface area contributed by atoms with Crippen molar-refractivity contribution in [1.29, 1.82) is 0 Å². The zero-order chi connectivity index (χ0) is 14.7. The van der Waals surface area contributed by atoms with Gasteiger partial charge >= 0.3 is 5.97 Å². The molecule has 0 aliphatic heterocycles. The minimum Gasteiger partial charge on any atom is -0.465 e. The summed E-state index contributed by atoms with van der Waals surface area (Å²) in [5.41, 5.74) is 0.482. The minimum absolute atomic E-state index is 0.0265. The average molecular weight is 285 g/mol. The molecule has 1 rings (SSSR count). The fourth-order valence-corrected chi connectivity index (χ4v) is 3.29. The first-order valence-electron chi connectivity index (χ1n) is 5.82. The molecule has 0 atom stereocenters. The van der Waals surface area contributed by atoms with Gasteiger partial charge in [0.2, 0.25) is 10.0 Å². The molecular weight excluding hydrogens is 266 g/mol. The van der Waals surface area contributed by atoms with Crippen molar-refractivity contribution in [1.82, 2.24) is 0 Å². The summed E-state index contributed by atoms with van der Waals surface area (Å²) < 4.78 is 30.8. The van der Waals surface area contributed by atoms with Crippen molar-refractivity contribution < 1.29 is 17.9 Å². The highest BCUT2D eigenvalue weighted by molar-refractivity contribution is 7.92. The number of hydrogen-bond donors (Lipinski definition) is 1. The Labute approximate surface area is 114 Å². The third-order valence-electron chi connectivity index (χ3n) is 2.20. The molecule has 0 spiro atoms. The maximum atomic E-state index is 11.9. The van der Waals surface area contributed by atoms with Crippen LogP contribution < -0.4 is 4.72 Å². The van der Waals surface area contributed by atoms with Gasteiger partial charge in [0.25, 0.3) is 0 Å². The standard InChI is InChI=1S/C13H19NO4S/c1-13(2,3)9-19(16,17)14-11-7-5-10(6-8-11)12(15)18-4/h5-8,14H,9H2,1-4H3. The Morgan fingerprint density at radius 1 is 1.21 bits per heavy atom. The van der Waals surface area contributed by atoms with Crippen molar-refractivity contribution in [3.05, 3.63) is 29.8 Å². The van der Waals surface area contributed by atoms with Crippen molar-refractivity contribution in [2.24, 2.45) is 5.41 Å². The van der Waals surface area contributed by atoms with E-state index in [9.17, 15) is 13.2 Å². The average Bonchev–Trinajstić information content (AvgIpc) is 2.25. The largest absolute Gasteiger partial charge is 0.465 e. The normalized spacial score (nSPS) is 12.0. The van der Waals surface area contributed by atoms with Crippen LogP contribution in [0.4, 0.5) is 5.69 Å². The fourth-order valence-electron chi connectivity index (χ4n) is 1.58. The lowest BCUT2D eigenvalue weighted by Gasteiger charge is -2.18. The van der Waals surface area contributed by atoms with E-state index in [4.69, 9.17) is 0 Å². The molecule has 0 aliphatic carbocycles. The number of carbonyl (C=O) groups is 1. The zero-order valence-corrected chi connectivity index (χ0v) is 12.4. The Hall–Kier alpha value is -1.56. The number of esters is 1. The molecule has 0 radical (unpaired) electrons. The van der Waals surface area contributed by atoms with Crippen molar-refractivity contribution in [3.8, 4) is 0 Å². The molecular formula is C13H19NO4S. The van der Waals surface area contributed by atoms with E-state index in [1.54, 1.807) is 0 Å². The summed E-state index contributed by atoms with van der Waals surface area (Å²) in [7, 11) is -2.10. The van der Waals surface area contributed by atoms with Gasteiger partial charge in [-0.05, 0) is 29.7 Å². The number of sulfonamides is 1. The quantitative estimate of drug-likeness (QED) is 0.861. The number of carbonyl (C=O) groups excluding carboxylic acids is 1. The Morgan fingerprint density at radius 2 is 1.74 bits per heavy atom. The van der Waals surface area contributed by atoms with Gasteiger partial charge in [0.05, 0.1) is 18.4 Å². The van der Waals surface area contributed by atoms with E-state index in [1.807, 2.05) is 20.8 Å². The first kappa shape index (κ1) is 15.5. The van der Waals surface area contributed by atoms with E-state index >= 15 is 0 Å². The molecule has 0 aliphatic rings. The van der Waals surface area contributed by atoms with Gasteiger partial charge in [0, 0.05) is 5.69 Å². The maximum absolute atomic E-state index is 11.9. The first-order valence-corrected chi connectivity index (χ1v) is 7.47. The number of hydrogen-bond acceptors (Lipinski definition) is 4. The summed E-state index contributed by atoms with van der Waals surface area (Å²) in [6, 6.07) is 6.10. The SMILES string of the molecule is COC(=O)c1ccc(NS(=O)(=O)CC(C)(C)C)cc1. The number of anilines is 1. The second kappa shape index (κ2) is 5.61. The second-order valence-corrected chi connectivity index (χ2v) is 7.21. The molecule has 0 bridgehead atoms. The smallest absolute Gasteiger partial charge is 0.337 e. The highest BCUT2D eigenvalue weighted by Gasteiger charge is 2.21. The summed E-state index contributed by atoms with van der Waals surface area (Å²) in [5.74, 6) is -0.428. The lowest BCUT2D eigenvalue weighted by Crippen LogP contribution is -2.26. The molecule has 0 unspecified atom stereocenters. The molecule has 1 N–H and O–H groups in total. The van der Waals surface area contributed by atoms with E-state index in [1.165, 1.54) is 31.4 Å². The van der Waals surface area contributed by atoms with Gasteiger partial charge in [0.15, 0.2) is 0 Å². The molecule has 0 heterocycles. The molecule has 6 heteroatoms. The molecule has 1 aromatic carbocycles. The lowest BCUT2D eigenvalue weighted by atomic mass is 10.0. The molecule has 19 heavy (non-hydrogen) atoms. The number of rotatable bonds is 4. The lowest BCUT2D eigenvalue weighted by molar-refractivity contribution is 0.0601. The van der Waals surface area contributed by atoms with Crippen LogP contribution in [-0.2, 0) is 14.8 Å². The van der Waals surface area contributed by atoms with Crippen LogP contribution in [-0.4, -0.2) is 27.2 Å². The Kier molecular flexibility index (Phi) is 4.57. The predicted molar refractivity (Wildman–Crippen MR) is 74.6 cm³/mol. The van der Waals surface area contributed by atoms with Crippen LogP contribution in [0.25, 0.3) is 0 Å². The van der Waals surface area contributed by atoms with Gasteiger partial charge in [-0.3, -0.25) is 4.72 Å². The van der Waals surface area contributed by atoms with Crippen molar-refractivity contribution >= 4 is 21.7 Å². The van der Waals surface area contributed by atoms with Gasteiger partial charge < -0.3 is 4.74 Å². The van der Waals surface area contributed by atoms with Crippen molar-refractivity contribution in [3.63, 3.8) is 0 Å². The number of benzene rings is 1. The van der Waals surface area contributed by atoms with E-state index in [2.05, 4.69) is 9.46 Å². The summed E-state index contributed by atoms with van der Waals surface area (Å²) in [4.78, 5) is 11.2. The molecule has 0 saturated carbocycles. The third-order valence-corrected chi connectivity index (χ3v) is 4.00. The summed E-state index contributed by atoms with van der Waals surface area (Å²) in [6.07, 6.45) is 0. The van der Waals surface area contributed by atoms with Crippen molar-refractivity contribution in [2.45, 2.75) is 20.8 Å². The van der Waals surface area contributed by atoms with E-state index in [0.29, 0.717) is 11.3 Å². The maximum Gasteiger partial charge on any atom is 0.337 e. The van der Waals surface area contributed by atoms with E-state index < -0.39 is 16.0 Å². The van der Waals surface area contributed by atoms with Gasteiger partial charge in [-0.15, -0.1) is 0 Å². The number of nitrogens with one attached hydrogen (secondary N) is 1. The van der Waals surface area contributed by atoms with E-state index in [0.717, 1.165) is 0 Å². The topological polar surface area (TPSA) is 72.5 Å². The molecule has 5 nitrogen and oxygen atoms in total. The number of ether oxygens (including phenoxy) is 1. The summed E-state index contributed by atoms with van der Waals surface area (Å²) in [5, 5.41) is 0. The summed E-state index contributed by atoms with van der Waals surface area (Å²) in [6.45, 7) is 5.56. The molecule has 0 fully saturated rings. The minimum atomic E-state index is -3.40. The number of methoxy groups -OCH3 is 1. The first-order chi connectivity index (χ1) is 8.63. The van der Waals surface area contributed by atoms with Gasteiger partial charge in [-0.2, -0.15) is 0 Å². The molecule has 106 valence electrons. The van der Waals surface area contributed by atoms with Gasteiger partial charge in [-0.1, -0.05) is 20.8 Å².